The Bertz CT molecular complexity index is 191. The average molecular weight is 243 g/mol. The van der Waals surface area contributed by atoms with Crippen molar-refractivity contribution in [2.24, 2.45) is 5.92 Å². The van der Waals surface area contributed by atoms with E-state index in [-0.39, 0.29) is 12.1 Å². The SMILES string of the molecule is CC(C)CCCCCCNCC(=O)OC(C)C. The van der Waals surface area contributed by atoms with Crippen LogP contribution < -0.4 is 5.32 Å². The van der Waals surface area contributed by atoms with Gasteiger partial charge in [0.1, 0.15) is 0 Å². The van der Waals surface area contributed by atoms with Gasteiger partial charge in [0.15, 0.2) is 0 Å². The first-order valence-corrected chi connectivity index (χ1v) is 6.92. The predicted octanol–water partition coefficient (Wildman–Crippen LogP) is 3.13. The van der Waals surface area contributed by atoms with Crippen LogP contribution in [0.4, 0.5) is 0 Å². The second kappa shape index (κ2) is 10.6. The van der Waals surface area contributed by atoms with Gasteiger partial charge in [-0.25, -0.2) is 0 Å². The lowest BCUT2D eigenvalue weighted by molar-refractivity contribution is -0.146. The van der Waals surface area contributed by atoms with Gasteiger partial charge in [0.2, 0.25) is 0 Å². The number of ether oxygens (including phenoxy) is 1. The number of rotatable bonds is 10. The molecule has 3 heteroatoms. The van der Waals surface area contributed by atoms with Crippen LogP contribution in [0.1, 0.15) is 59.8 Å². The summed E-state index contributed by atoms with van der Waals surface area (Å²) >= 11 is 0. The third kappa shape index (κ3) is 13.4. The zero-order valence-electron chi connectivity index (χ0n) is 11.9. The molecule has 0 aromatic heterocycles. The minimum absolute atomic E-state index is 0.0136. The molecular formula is C14H29NO2. The standard InChI is InChI=1S/C14H29NO2/c1-12(2)9-7-5-6-8-10-15-11-14(16)17-13(3)4/h12-13,15H,5-11H2,1-4H3. The van der Waals surface area contributed by atoms with Gasteiger partial charge in [-0.15, -0.1) is 0 Å². The normalized spacial score (nSPS) is 11.2. The van der Waals surface area contributed by atoms with Gasteiger partial charge in [0.25, 0.3) is 0 Å². The van der Waals surface area contributed by atoms with Crippen molar-refractivity contribution in [3.8, 4) is 0 Å². The second-order valence-electron chi connectivity index (χ2n) is 5.31. The molecule has 0 bridgehead atoms. The van der Waals surface area contributed by atoms with Crippen LogP contribution in [0.25, 0.3) is 0 Å². The van der Waals surface area contributed by atoms with E-state index in [1.165, 1.54) is 25.7 Å². The van der Waals surface area contributed by atoms with Crippen molar-refractivity contribution in [3.63, 3.8) is 0 Å². The summed E-state index contributed by atoms with van der Waals surface area (Å²) in [5, 5.41) is 3.12. The van der Waals surface area contributed by atoms with Crippen LogP contribution in [0.2, 0.25) is 0 Å². The molecule has 0 aliphatic rings. The highest BCUT2D eigenvalue weighted by Crippen LogP contribution is 2.08. The van der Waals surface area contributed by atoms with Gasteiger partial charge < -0.3 is 10.1 Å². The number of carbonyl (C=O) groups excluding carboxylic acids is 1. The molecule has 0 saturated heterocycles. The molecule has 0 heterocycles. The van der Waals surface area contributed by atoms with E-state index in [0.29, 0.717) is 6.54 Å². The summed E-state index contributed by atoms with van der Waals surface area (Å²) in [7, 11) is 0. The Labute approximate surface area is 106 Å². The molecule has 0 fully saturated rings. The van der Waals surface area contributed by atoms with Gasteiger partial charge in [-0.2, -0.15) is 0 Å². The Hall–Kier alpha value is -0.570. The Morgan fingerprint density at radius 3 is 2.29 bits per heavy atom. The van der Waals surface area contributed by atoms with Crippen LogP contribution in [0, 0.1) is 5.92 Å². The topological polar surface area (TPSA) is 38.3 Å². The number of carbonyl (C=O) groups is 1. The van der Waals surface area contributed by atoms with Gasteiger partial charge in [0.05, 0.1) is 12.6 Å². The third-order valence-corrected chi connectivity index (χ3v) is 2.52. The van der Waals surface area contributed by atoms with Crippen molar-refractivity contribution in [2.75, 3.05) is 13.1 Å². The first-order chi connectivity index (χ1) is 8.02. The lowest BCUT2D eigenvalue weighted by Crippen LogP contribution is -2.27. The second-order valence-corrected chi connectivity index (χ2v) is 5.31. The van der Waals surface area contributed by atoms with E-state index >= 15 is 0 Å². The van der Waals surface area contributed by atoms with Gasteiger partial charge in [-0.1, -0.05) is 39.5 Å². The molecule has 3 nitrogen and oxygen atoms in total. The van der Waals surface area contributed by atoms with E-state index in [0.717, 1.165) is 18.9 Å². The molecule has 0 spiro atoms. The van der Waals surface area contributed by atoms with Crippen LogP contribution in [0.3, 0.4) is 0 Å². The van der Waals surface area contributed by atoms with E-state index in [1.54, 1.807) is 0 Å². The molecule has 0 unspecified atom stereocenters. The smallest absolute Gasteiger partial charge is 0.320 e. The fourth-order valence-electron chi connectivity index (χ4n) is 1.65. The van der Waals surface area contributed by atoms with Crippen LogP contribution >= 0.6 is 0 Å². The Kier molecular flexibility index (Phi) is 10.2. The molecule has 0 aromatic carbocycles. The minimum Gasteiger partial charge on any atom is -0.462 e. The summed E-state index contributed by atoms with van der Waals surface area (Å²) in [5.41, 5.74) is 0. The molecule has 0 radical (unpaired) electrons. The van der Waals surface area contributed by atoms with Crippen molar-refractivity contribution in [1.82, 2.24) is 5.32 Å². The highest BCUT2D eigenvalue weighted by atomic mass is 16.5. The number of esters is 1. The lowest BCUT2D eigenvalue weighted by atomic mass is 10.0. The molecule has 0 aliphatic heterocycles. The van der Waals surface area contributed by atoms with E-state index in [2.05, 4.69) is 19.2 Å². The van der Waals surface area contributed by atoms with Crippen LogP contribution in [-0.4, -0.2) is 25.2 Å². The molecule has 1 N–H and O–H groups in total. The number of hydrogen-bond acceptors (Lipinski definition) is 3. The van der Waals surface area contributed by atoms with E-state index in [4.69, 9.17) is 4.74 Å². The number of unbranched alkanes of at least 4 members (excludes halogenated alkanes) is 3. The van der Waals surface area contributed by atoms with Crippen molar-refractivity contribution in [3.05, 3.63) is 0 Å². The van der Waals surface area contributed by atoms with Crippen molar-refractivity contribution in [1.29, 1.82) is 0 Å². The third-order valence-electron chi connectivity index (χ3n) is 2.52. The first kappa shape index (κ1) is 16.4. The highest BCUT2D eigenvalue weighted by molar-refractivity contribution is 5.71. The van der Waals surface area contributed by atoms with Crippen LogP contribution in [-0.2, 0) is 9.53 Å². The molecule has 0 saturated carbocycles. The summed E-state index contributed by atoms with van der Waals surface area (Å²) in [4.78, 5) is 11.2. The molecule has 0 aromatic rings. The maximum atomic E-state index is 11.2. The molecule has 17 heavy (non-hydrogen) atoms. The molecule has 0 atom stereocenters. The molecule has 0 rings (SSSR count). The van der Waals surface area contributed by atoms with E-state index in [9.17, 15) is 4.79 Å². The fraction of sp³-hybridized carbons (Fsp3) is 0.929. The van der Waals surface area contributed by atoms with Crippen LogP contribution in [0.15, 0.2) is 0 Å². The maximum absolute atomic E-state index is 11.2. The largest absolute Gasteiger partial charge is 0.462 e. The molecular weight excluding hydrogens is 214 g/mol. The predicted molar refractivity (Wildman–Crippen MR) is 72.0 cm³/mol. The summed E-state index contributed by atoms with van der Waals surface area (Å²) in [6.45, 7) is 9.52. The molecule has 0 amide bonds. The van der Waals surface area contributed by atoms with Gasteiger partial charge in [-0.05, 0) is 32.7 Å². The van der Waals surface area contributed by atoms with Crippen molar-refractivity contribution in [2.45, 2.75) is 65.9 Å². The van der Waals surface area contributed by atoms with Crippen LogP contribution in [0.5, 0.6) is 0 Å². The molecule has 0 aliphatic carbocycles. The quantitative estimate of drug-likeness (QED) is 0.473. The molecule has 102 valence electrons. The zero-order chi connectivity index (χ0) is 13.1. The number of nitrogens with one attached hydrogen (secondary N) is 1. The zero-order valence-corrected chi connectivity index (χ0v) is 11.9. The van der Waals surface area contributed by atoms with Gasteiger partial charge in [0, 0.05) is 0 Å². The lowest BCUT2D eigenvalue weighted by Gasteiger charge is -2.08. The highest BCUT2D eigenvalue weighted by Gasteiger charge is 2.03. The maximum Gasteiger partial charge on any atom is 0.320 e. The summed E-state index contributed by atoms with van der Waals surface area (Å²) in [5.74, 6) is 0.665. The Balaban J connectivity index is 3.16. The Morgan fingerprint density at radius 2 is 1.71 bits per heavy atom. The van der Waals surface area contributed by atoms with Gasteiger partial charge >= 0.3 is 5.97 Å². The van der Waals surface area contributed by atoms with E-state index < -0.39 is 0 Å². The summed E-state index contributed by atoms with van der Waals surface area (Å²) in [6, 6.07) is 0. The van der Waals surface area contributed by atoms with E-state index in [1.807, 2.05) is 13.8 Å². The summed E-state index contributed by atoms with van der Waals surface area (Å²) < 4.78 is 5.02. The van der Waals surface area contributed by atoms with Crippen molar-refractivity contribution < 1.29 is 9.53 Å². The fourth-order valence-corrected chi connectivity index (χ4v) is 1.65. The van der Waals surface area contributed by atoms with Crippen molar-refractivity contribution >= 4 is 5.97 Å². The first-order valence-electron chi connectivity index (χ1n) is 6.92. The van der Waals surface area contributed by atoms with Gasteiger partial charge in [-0.3, -0.25) is 4.79 Å². The monoisotopic (exact) mass is 243 g/mol. The number of hydrogen-bond donors (Lipinski definition) is 1. The average Bonchev–Trinajstić information content (AvgIpc) is 2.20. The minimum atomic E-state index is -0.153. The summed E-state index contributed by atoms with van der Waals surface area (Å²) in [6.07, 6.45) is 6.34. The Morgan fingerprint density at radius 1 is 1.06 bits per heavy atom.